The van der Waals surface area contributed by atoms with Crippen LogP contribution in [0.1, 0.15) is 5.56 Å². The molecule has 5 heteroatoms. The van der Waals surface area contributed by atoms with Gasteiger partial charge in [0.25, 0.3) is 0 Å². The Morgan fingerprint density at radius 1 is 1.75 bits per heavy atom. The highest BCUT2D eigenvalue weighted by molar-refractivity contribution is 5.27. The highest BCUT2D eigenvalue weighted by atomic mass is 16.6. The van der Waals surface area contributed by atoms with Crippen molar-refractivity contribution >= 4 is 5.82 Å². The van der Waals surface area contributed by atoms with Crippen LogP contribution in [0.2, 0.25) is 0 Å². The number of hydrogen-bond acceptors (Lipinski definition) is 4. The maximum absolute atomic E-state index is 10.2. The molecule has 0 saturated heterocycles. The van der Waals surface area contributed by atoms with Crippen molar-refractivity contribution in [1.82, 2.24) is 4.98 Å². The quantitative estimate of drug-likeness (QED) is 0.482. The van der Waals surface area contributed by atoms with Gasteiger partial charge in [-0.2, -0.15) is 5.26 Å². The molecule has 5 nitrogen and oxygen atoms in total. The molecular weight excluding hydrogens is 158 g/mol. The molecule has 12 heavy (non-hydrogen) atoms. The van der Waals surface area contributed by atoms with Crippen LogP contribution in [-0.4, -0.2) is 9.91 Å². The largest absolute Gasteiger partial charge is 0.363 e. The van der Waals surface area contributed by atoms with Gasteiger partial charge < -0.3 is 10.1 Å². The molecule has 0 aromatic carbocycles. The van der Waals surface area contributed by atoms with Gasteiger partial charge in [0.2, 0.25) is 0 Å². The Kier molecular flexibility index (Phi) is 2.33. The maximum atomic E-state index is 10.2. The van der Waals surface area contributed by atoms with E-state index in [2.05, 4.69) is 4.98 Å². The molecule has 1 aromatic rings. The Balaban J connectivity index is 2.97. The second-order valence-electron chi connectivity index (χ2n) is 2.11. The molecule has 0 amide bonds. The zero-order valence-electron chi connectivity index (χ0n) is 6.10. The molecule has 0 spiro atoms. The summed E-state index contributed by atoms with van der Waals surface area (Å²) in [4.78, 5) is 13.1. The van der Waals surface area contributed by atoms with Crippen LogP contribution in [-0.2, 0) is 6.42 Å². The van der Waals surface area contributed by atoms with Crippen LogP contribution in [0.15, 0.2) is 18.3 Å². The fourth-order valence-electron chi connectivity index (χ4n) is 0.762. The third-order valence-electron chi connectivity index (χ3n) is 1.28. The summed E-state index contributed by atoms with van der Waals surface area (Å²) in [6, 6.07) is 4.77. The van der Waals surface area contributed by atoms with Gasteiger partial charge in [0, 0.05) is 6.07 Å². The second kappa shape index (κ2) is 3.44. The molecule has 0 fully saturated rings. The lowest BCUT2D eigenvalue weighted by Crippen LogP contribution is -1.92. The van der Waals surface area contributed by atoms with Gasteiger partial charge in [-0.15, -0.1) is 0 Å². The smallest absolute Gasteiger partial charge is 0.358 e. The van der Waals surface area contributed by atoms with Crippen molar-refractivity contribution in [2.24, 2.45) is 0 Å². The first-order chi connectivity index (χ1) is 5.74. The number of nitriles is 1. The Hall–Kier alpha value is -1.96. The second-order valence-corrected chi connectivity index (χ2v) is 2.11. The Labute approximate surface area is 68.4 Å². The topological polar surface area (TPSA) is 79.8 Å². The van der Waals surface area contributed by atoms with Gasteiger partial charge in [0.15, 0.2) is 0 Å². The van der Waals surface area contributed by atoms with Crippen molar-refractivity contribution < 1.29 is 4.92 Å². The minimum absolute atomic E-state index is 0.170. The molecule has 0 saturated carbocycles. The summed E-state index contributed by atoms with van der Waals surface area (Å²) in [5, 5.41) is 18.5. The first kappa shape index (κ1) is 8.14. The van der Waals surface area contributed by atoms with Crippen LogP contribution in [0.25, 0.3) is 0 Å². The molecule has 0 aliphatic rings. The van der Waals surface area contributed by atoms with Gasteiger partial charge in [0.05, 0.1) is 12.5 Å². The van der Waals surface area contributed by atoms with Gasteiger partial charge in [-0.05, 0) is 21.5 Å². The first-order valence-corrected chi connectivity index (χ1v) is 3.20. The first-order valence-electron chi connectivity index (χ1n) is 3.20. The average Bonchev–Trinajstić information content (AvgIpc) is 2.05. The molecule has 0 radical (unpaired) electrons. The SMILES string of the molecule is N#CCc1ccnc([N+](=O)[O-])c1. The van der Waals surface area contributed by atoms with Crippen molar-refractivity contribution in [2.45, 2.75) is 6.42 Å². The molecule has 1 aromatic heterocycles. The number of nitrogens with zero attached hydrogens (tertiary/aromatic N) is 3. The number of rotatable bonds is 2. The van der Waals surface area contributed by atoms with Crippen molar-refractivity contribution in [3.63, 3.8) is 0 Å². The van der Waals surface area contributed by atoms with E-state index in [0.29, 0.717) is 5.56 Å². The molecule has 0 aliphatic heterocycles. The molecule has 0 bridgehead atoms. The molecule has 60 valence electrons. The minimum atomic E-state index is -0.582. The van der Waals surface area contributed by atoms with E-state index in [1.165, 1.54) is 12.3 Å². The van der Waals surface area contributed by atoms with Gasteiger partial charge in [0.1, 0.15) is 6.20 Å². The lowest BCUT2D eigenvalue weighted by atomic mass is 10.2. The lowest BCUT2D eigenvalue weighted by Gasteiger charge is -1.92. The number of pyridine rings is 1. The highest BCUT2D eigenvalue weighted by Gasteiger charge is 2.06. The summed E-state index contributed by atoms with van der Waals surface area (Å²) in [6.45, 7) is 0. The van der Waals surface area contributed by atoms with Gasteiger partial charge in [-0.3, -0.25) is 0 Å². The molecular formula is C7H5N3O2. The van der Waals surface area contributed by atoms with E-state index >= 15 is 0 Å². The monoisotopic (exact) mass is 163 g/mol. The zero-order chi connectivity index (χ0) is 8.97. The molecule has 1 rings (SSSR count). The van der Waals surface area contributed by atoms with Crippen LogP contribution < -0.4 is 0 Å². The molecule has 1 heterocycles. The number of nitro groups is 1. The lowest BCUT2D eigenvalue weighted by molar-refractivity contribution is -0.389. The third-order valence-corrected chi connectivity index (χ3v) is 1.28. The Bertz CT molecular complexity index is 343. The summed E-state index contributed by atoms with van der Waals surface area (Å²) in [5.41, 5.74) is 0.610. The van der Waals surface area contributed by atoms with E-state index in [4.69, 9.17) is 5.26 Å². The number of aromatic nitrogens is 1. The summed E-state index contributed by atoms with van der Waals surface area (Å²) >= 11 is 0. The van der Waals surface area contributed by atoms with Crippen LogP contribution in [0.3, 0.4) is 0 Å². The van der Waals surface area contributed by atoms with Gasteiger partial charge in [-0.25, -0.2) is 0 Å². The molecule has 0 N–H and O–H groups in total. The molecule has 0 unspecified atom stereocenters. The fraction of sp³-hybridized carbons (Fsp3) is 0.143. The van der Waals surface area contributed by atoms with E-state index < -0.39 is 4.92 Å². The average molecular weight is 163 g/mol. The van der Waals surface area contributed by atoms with Crippen molar-refractivity contribution in [2.75, 3.05) is 0 Å². The fourth-order valence-corrected chi connectivity index (χ4v) is 0.762. The van der Waals surface area contributed by atoms with Crippen LogP contribution in [0.4, 0.5) is 5.82 Å². The Morgan fingerprint density at radius 2 is 2.50 bits per heavy atom. The van der Waals surface area contributed by atoms with Gasteiger partial charge in [-0.1, -0.05) is 0 Å². The summed E-state index contributed by atoms with van der Waals surface area (Å²) in [7, 11) is 0. The normalized spacial score (nSPS) is 8.92. The van der Waals surface area contributed by atoms with E-state index in [1.807, 2.05) is 6.07 Å². The maximum Gasteiger partial charge on any atom is 0.363 e. The van der Waals surface area contributed by atoms with Crippen molar-refractivity contribution in [3.8, 4) is 6.07 Å². The van der Waals surface area contributed by atoms with Crippen molar-refractivity contribution in [1.29, 1.82) is 5.26 Å². The van der Waals surface area contributed by atoms with Crippen molar-refractivity contribution in [3.05, 3.63) is 34.0 Å². The van der Waals surface area contributed by atoms with E-state index in [1.54, 1.807) is 6.07 Å². The van der Waals surface area contributed by atoms with Crippen LogP contribution in [0.5, 0.6) is 0 Å². The third kappa shape index (κ3) is 1.76. The van der Waals surface area contributed by atoms with Gasteiger partial charge >= 0.3 is 5.82 Å². The predicted octanol–water partition coefficient (Wildman–Crippen LogP) is 1.06. The number of hydrogen-bond donors (Lipinski definition) is 0. The zero-order valence-corrected chi connectivity index (χ0v) is 6.10. The van der Waals surface area contributed by atoms with E-state index in [-0.39, 0.29) is 12.2 Å². The minimum Gasteiger partial charge on any atom is -0.358 e. The molecule has 0 aliphatic carbocycles. The highest BCUT2D eigenvalue weighted by Crippen LogP contribution is 2.08. The molecule has 0 atom stereocenters. The summed E-state index contributed by atoms with van der Waals surface area (Å²) < 4.78 is 0. The summed E-state index contributed by atoms with van der Waals surface area (Å²) in [5.74, 6) is -0.220. The van der Waals surface area contributed by atoms with E-state index in [9.17, 15) is 10.1 Å². The standard InChI is InChI=1S/C7H5N3O2/c8-3-1-6-2-4-9-7(5-6)10(11)12/h2,4-5H,1H2. The van der Waals surface area contributed by atoms with Crippen LogP contribution >= 0.6 is 0 Å². The Morgan fingerprint density at radius 3 is 3.08 bits per heavy atom. The predicted molar refractivity (Wildman–Crippen MR) is 40.2 cm³/mol. The summed E-state index contributed by atoms with van der Waals surface area (Å²) in [6.07, 6.45) is 1.49. The van der Waals surface area contributed by atoms with E-state index in [0.717, 1.165) is 0 Å². The van der Waals surface area contributed by atoms with Crippen LogP contribution in [0, 0.1) is 21.4 Å².